The number of nitrogens with zero attached hydrogens (tertiary/aromatic N) is 2. The normalized spacial score (nSPS) is 28.6. The molecule has 3 saturated heterocycles. The van der Waals surface area contributed by atoms with Crippen LogP contribution in [-0.4, -0.2) is 61.6 Å². The average molecular weight is 344 g/mol. The van der Waals surface area contributed by atoms with Gasteiger partial charge in [-0.25, -0.2) is 0 Å². The molecule has 0 aliphatic carbocycles. The molecule has 3 heterocycles. The standard InChI is InChI=1S/C20H28N2O3/c1-3-25-19-10-14(7-8-18(19)24-2)20(23)22-12-15-11-21-9-5-4-6-17(21)16(15)13-22/h7-8,10,15-17H,3-6,9,11-13H2,1-2H3/t15-,16-,17-/m0/s1. The second-order valence-electron chi connectivity index (χ2n) is 7.49. The first kappa shape index (κ1) is 16.7. The summed E-state index contributed by atoms with van der Waals surface area (Å²) in [5.41, 5.74) is 0.699. The minimum absolute atomic E-state index is 0.125. The highest BCUT2D eigenvalue weighted by Gasteiger charge is 2.48. The summed E-state index contributed by atoms with van der Waals surface area (Å²) in [7, 11) is 1.62. The van der Waals surface area contributed by atoms with Gasteiger partial charge in [-0.3, -0.25) is 9.69 Å². The van der Waals surface area contributed by atoms with E-state index in [2.05, 4.69) is 9.80 Å². The number of carbonyl (C=O) groups is 1. The van der Waals surface area contributed by atoms with Gasteiger partial charge in [-0.1, -0.05) is 6.42 Å². The Morgan fingerprint density at radius 1 is 1.20 bits per heavy atom. The van der Waals surface area contributed by atoms with Crippen molar-refractivity contribution >= 4 is 5.91 Å². The highest BCUT2D eigenvalue weighted by molar-refractivity contribution is 5.95. The number of amides is 1. The summed E-state index contributed by atoms with van der Waals surface area (Å²) >= 11 is 0. The molecule has 3 aliphatic rings. The number of carbonyl (C=O) groups excluding carboxylic acids is 1. The third-order valence-corrected chi connectivity index (χ3v) is 6.12. The highest BCUT2D eigenvalue weighted by atomic mass is 16.5. The number of rotatable bonds is 4. The molecule has 3 atom stereocenters. The van der Waals surface area contributed by atoms with Gasteiger partial charge in [-0.2, -0.15) is 0 Å². The molecule has 0 radical (unpaired) electrons. The second kappa shape index (κ2) is 6.87. The van der Waals surface area contributed by atoms with Crippen molar-refractivity contribution in [2.24, 2.45) is 11.8 Å². The summed E-state index contributed by atoms with van der Waals surface area (Å²) < 4.78 is 10.9. The summed E-state index contributed by atoms with van der Waals surface area (Å²) in [4.78, 5) is 17.7. The summed E-state index contributed by atoms with van der Waals surface area (Å²) in [6.07, 6.45) is 3.99. The molecule has 0 unspecified atom stereocenters. The summed E-state index contributed by atoms with van der Waals surface area (Å²) in [5, 5.41) is 0. The molecule has 0 N–H and O–H groups in total. The largest absolute Gasteiger partial charge is 0.493 e. The Morgan fingerprint density at radius 2 is 2.08 bits per heavy atom. The van der Waals surface area contributed by atoms with Crippen molar-refractivity contribution in [3.05, 3.63) is 23.8 Å². The van der Waals surface area contributed by atoms with Crippen molar-refractivity contribution in [1.82, 2.24) is 9.80 Å². The zero-order valence-corrected chi connectivity index (χ0v) is 15.2. The maximum absolute atomic E-state index is 13.0. The molecule has 0 saturated carbocycles. The SMILES string of the molecule is CCOc1cc(C(=O)N2C[C@@H]3CN4CCCC[C@H]4[C@H]3C2)ccc1OC. The van der Waals surface area contributed by atoms with E-state index in [9.17, 15) is 4.79 Å². The highest BCUT2D eigenvalue weighted by Crippen LogP contribution is 2.41. The van der Waals surface area contributed by atoms with Crippen LogP contribution in [-0.2, 0) is 0 Å². The number of methoxy groups -OCH3 is 1. The van der Waals surface area contributed by atoms with Crippen molar-refractivity contribution in [1.29, 1.82) is 0 Å². The van der Waals surface area contributed by atoms with Gasteiger partial charge in [0.05, 0.1) is 13.7 Å². The van der Waals surface area contributed by atoms with Crippen molar-refractivity contribution in [3.63, 3.8) is 0 Å². The summed E-state index contributed by atoms with van der Waals surface area (Å²) in [5.74, 6) is 2.76. The predicted molar refractivity (Wildman–Crippen MR) is 96.3 cm³/mol. The van der Waals surface area contributed by atoms with Gasteiger partial charge in [0.1, 0.15) is 0 Å². The summed E-state index contributed by atoms with van der Waals surface area (Å²) in [6.45, 7) is 6.71. The van der Waals surface area contributed by atoms with E-state index in [1.165, 1.54) is 32.4 Å². The first-order valence-corrected chi connectivity index (χ1v) is 9.55. The molecule has 1 aromatic carbocycles. The monoisotopic (exact) mass is 344 g/mol. The molecule has 136 valence electrons. The van der Waals surface area contributed by atoms with Gasteiger partial charge in [0, 0.05) is 31.2 Å². The van der Waals surface area contributed by atoms with Gasteiger partial charge in [0.15, 0.2) is 11.5 Å². The molecule has 5 heteroatoms. The third kappa shape index (κ3) is 2.99. The molecule has 1 amide bonds. The van der Waals surface area contributed by atoms with Crippen molar-refractivity contribution < 1.29 is 14.3 Å². The van der Waals surface area contributed by atoms with E-state index in [1.54, 1.807) is 7.11 Å². The molecule has 1 aromatic rings. The molecule has 0 spiro atoms. The van der Waals surface area contributed by atoms with Crippen molar-refractivity contribution in [2.45, 2.75) is 32.2 Å². The molecular formula is C20H28N2O3. The van der Waals surface area contributed by atoms with Crippen molar-refractivity contribution in [2.75, 3.05) is 39.9 Å². The van der Waals surface area contributed by atoms with E-state index >= 15 is 0 Å². The van der Waals surface area contributed by atoms with Crippen LogP contribution in [0.3, 0.4) is 0 Å². The quantitative estimate of drug-likeness (QED) is 0.842. The van der Waals surface area contributed by atoms with Crippen LogP contribution in [0.4, 0.5) is 0 Å². The van der Waals surface area contributed by atoms with Crippen LogP contribution in [0.15, 0.2) is 18.2 Å². The lowest BCUT2D eigenvalue weighted by atomic mass is 9.90. The Hall–Kier alpha value is -1.75. The van der Waals surface area contributed by atoms with Gasteiger partial charge in [0.25, 0.3) is 5.91 Å². The predicted octanol–water partition coefficient (Wildman–Crippen LogP) is 2.65. The molecule has 0 aromatic heterocycles. The third-order valence-electron chi connectivity index (χ3n) is 6.12. The lowest BCUT2D eigenvalue weighted by Crippen LogP contribution is -2.40. The second-order valence-corrected chi connectivity index (χ2v) is 7.49. The van der Waals surface area contributed by atoms with E-state index in [0.29, 0.717) is 41.5 Å². The van der Waals surface area contributed by atoms with Gasteiger partial charge in [-0.15, -0.1) is 0 Å². The van der Waals surface area contributed by atoms with Crippen LogP contribution < -0.4 is 9.47 Å². The Balaban J connectivity index is 1.48. The van der Waals surface area contributed by atoms with Gasteiger partial charge in [-0.05, 0) is 56.3 Å². The van der Waals surface area contributed by atoms with Crippen LogP contribution in [0, 0.1) is 11.8 Å². The minimum Gasteiger partial charge on any atom is -0.493 e. The fourth-order valence-electron chi connectivity index (χ4n) is 4.98. The molecule has 0 bridgehead atoms. The fourth-order valence-corrected chi connectivity index (χ4v) is 4.98. The smallest absolute Gasteiger partial charge is 0.254 e. The van der Waals surface area contributed by atoms with E-state index in [0.717, 1.165) is 13.1 Å². The molecule has 25 heavy (non-hydrogen) atoms. The first-order valence-electron chi connectivity index (χ1n) is 9.55. The molecule has 4 rings (SSSR count). The van der Waals surface area contributed by atoms with E-state index in [1.807, 2.05) is 25.1 Å². The fraction of sp³-hybridized carbons (Fsp3) is 0.650. The number of benzene rings is 1. The zero-order valence-electron chi connectivity index (χ0n) is 15.2. The van der Waals surface area contributed by atoms with Crippen molar-refractivity contribution in [3.8, 4) is 11.5 Å². The van der Waals surface area contributed by atoms with Gasteiger partial charge in [0.2, 0.25) is 0 Å². The maximum Gasteiger partial charge on any atom is 0.254 e. The zero-order chi connectivity index (χ0) is 17.4. The van der Waals surface area contributed by atoms with E-state index < -0.39 is 0 Å². The van der Waals surface area contributed by atoms with Crippen LogP contribution in [0.2, 0.25) is 0 Å². The van der Waals surface area contributed by atoms with Gasteiger partial charge < -0.3 is 14.4 Å². The van der Waals surface area contributed by atoms with Crippen LogP contribution in [0.25, 0.3) is 0 Å². The molecule has 3 fully saturated rings. The number of piperidine rings is 1. The molecular weight excluding hydrogens is 316 g/mol. The molecule has 3 aliphatic heterocycles. The lowest BCUT2D eigenvalue weighted by Gasteiger charge is -2.33. The Labute approximate surface area is 149 Å². The minimum atomic E-state index is 0.125. The maximum atomic E-state index is 13.0. The van der Waals surface area contributed by atoms with Crippen LogP contribution in [0.5, 0.6) is 11.5 Å². The van der Waals surface area contributed by atoms with Gasteiger partial charge >= 0.3 is 0 Å². The Bertz CT molecular complexity index is 648. The Kier molecular flexibility index (Phi) is 4.59. The van der Waals surface area contributed by atoms with E-state index in [-0.39, 0.29) is 5.91 Å². The number of fused-ring (bicyclic) bond motifs is 3. The number of ether oxygens (including phenoxy) is 2. The molecule has 5 nitrogen and oxygen atoms in total. The Morgan fingerprint density at radius 3 is 2.88 bits per heavy atom. The summed E-state index contributed by atoms with van der Waals surface area (Å²) in [6, 6.07) is 6.21. The topological polar surface area (TPSA) is 42.0 Å². The first-order chi connectivity index (χ1) is 12.2. The van der Waals surface area contributed by atoms with Crippen LogP contribution in [0.1, 0.15) is 36.5 Å². The number of likely N-dealkylation sites (tertiary alicyclic amines) is 1. The average Bonchev–Trinajstić information content (AvgIpc) is 3.19. The van der Waals surface area contributed by atoms with Crippen LogP contribution >= 0.6 is 0 Å². The number of hydrogen-bond donors (Lipinski definition) is 0. The number of hydrogen-bond acceptors (Lipinski definition) is 4. The van der Waals surface area contributed by atoms with E-state index in [4.69, 9.17) is 9.47 Å². The lowest BCUT2D eigenvalue weighted by molar-refractivity contribution is 0.0753.